The number of fused-ring (bicyclic) bond motifs is 8. The number of nitrogens with zero attached hydrogens (tertiary/aromatic N) is 1. The summed E-state index contributed by atoms with van der Waals surface area (Å²) in [6.45, 7) is 0. The summed E-state index contributed by atoms with van der Waals surface area (Å²) in [5, 5.41) is 18.4. The van der Waals surface area contributed by atoms with Crippen LogP contribution in [-0.4, -0.2) is 4.98 Å². The Bertz CT molecular complexity index is 4260. The minimum absolute atomic E-state index is 1.05. The lowest BCUT2D eigenvalue weighted by Gasteiger charge is -2.21. The van der Waals surface area contributed by atoms with Crippen molar-refractivity contribution in [2.45, 2.75) is 0 Å². The van der Waals surface area contributed by atoms with Crippen molar-refractivity contribution in [1.29, 1.82) is 0 Å². The fourth-order valence-corrected chi connectivity index (χ4v) is 11.9. The number of hydrogen-bond acceptors (Lipinski definition) is 2. The number of benzene rings is 13. The van der Waals surface area contributed by atoms with E-state index in [4.69, 9.17) is 4.98 Å². The Kier molecular flexibility index (Phi) is 8.52. The van der Waals surface area contributed by atoms with Crippen LogP contribution in [-0.2, 0) is 0 Å². The smallest absolute Gasteiger partial charge is 0.124 e. The molecule has 0 atom stereocenters. The molecule has 14 rings (SSSR count). The van der Waals surface area contributed by atoms with Gasteiger partial charge in [-0.2, -0.15) is 0 Å². The summed E-state index contributed by atoms with van der Waals surface area (Å²) in [5.41, 5.74) is 12.1. The van der Waals surface area contributed by atoms with E-state index in [2.05, 4.69) is 237 Å². The molecule has 310 valence electrons. The first kappa shape index (κ1) is 37.9. The van der Waals surface area contributed by atoms with E-state index in [0.29, 0.717) is 0 Å². The predicted molar refractivity (Wildman–Crippen MR) is 289 cm³/mol. The van der Waals surface area contributed by atoms with E-state index in [1.165, 1.54) is 125 Å². The third-order valence-corrected chi connectivity index (χ3v) is 15.1. The van der Waals surface area contributed by atoms with Crippen LogP contribution >= 0.6 is 11.3 Å². The molecule has 0 fully saturated rings. The van der Waals surface area contributed by atoms with Gasteiger partial charge in [-0.3, -0.25) is 0 Å². The molecule has 0 bridgehead atoms. The van der Waals surface area contributed by atoms with Crippen molar-refractivity contribution in [3.8, 4) is 55.1 Å². The fourth-order valence-electron chi connectivity index (χ4n) is 10.9. The van der Waals surface area contributed by atoms with E-state index in [0.717, 1.165) is 16.1 Å². The van der Waals surface area contributed by atoms with Gasteiger partial charge >= 0.3 is 0 Å². The van der Waals surface area contributed by atoms with E-state index in [9.17, 15) is 0 Å². The normalized spacial score (nSPS) is 11.9. The molecular formula is C65H39NS. The first-order valence-corrected chi connectivity index (χ1v) is 23.8. The second-order valence-electron chi connectivity index (χ2n) is 17.8. The summed E-state index contributed by atoms with van der Waals surface area (Å²) >= 11 is 1.75. The molecule has 0 spiro atoms. The van der Waals surface area contributed by atoms with E-state index >= 15 is 0 Å². The van der Waals surface area contributed by atoms with Crippen LogP contribution in [0.15, 0.2) is 237 Å². The lowest BCUT2D eigenvalue weighted by atomic mass is 9.82. The molecule has 0 aliphatic heterocycles. The van der Waals surface area contributed by atoms with Crippen LogP contribution in [0.1, 0.15) is 0 Å². The molecule has 0 aliphatic rings. The molecule has 0 radical (unpaired) electrons. The highest BCUT2D eigenvalue weighted by molar-refractivity contribution is 7.21. The summed E-state index contributed by atoms with van der Waals surface area (Å²) in [4.78, 5) is 4.96. The molecule has 0 saturated carbocycles. The van der Waals surface area contributed by atoms with Crippen LogP contribution in [0.25, 0.3) is 141 Å². The Hall–Kier alpha value is -8.43. The zero-order chi connectivity index (χ0) is 44.0. The van der Waals surface area contributed by atoms with Gasteiger partial charge in [0.25, 0.3) is 0 Å². The minimum Gasteiger partial charge on any atom is -0.236 e. The van der Waals surface area contributed by atoms with Gasteiger partial charge in [0.1, 0.15) is 5.01 Å². The lowest BCUT2D eigenvalue weighted by molar-refractivity contribution is 1.48. The van der Waals surface area contributed by atoms with Gasteiger partial charge in [-0.1, -0.05) is 194 Å². The van der Waals surface area contributed by atoms with E-state index in [1.807, 2.05) is 0 Å². The molecule has 67 heavy (non-hydrogen) atoms. The van der Waals surface area contributed by atoms with Crippen LogP contribution < -0.4 is 0 Å². The van der Waals surface area contributed by atoms with Crippen molar-refractivity contribution in [3.05, 3.63) is 237 Å². The van der Waals surface area contributed by atoms with Crippen LogP contribution in [0.3, 0.4) is 0 Å². The van der Waals surface area contributed by atoms with Gasteiger partial charge in [0.15, 0.2) is 0 Å². The van der Waals surface area contributed by atoms with Crippen molar-refractivity contribution in [2.24, 2.45) is 0 Å². The van der Waals surface area contributed by atoms with Gasteiger partial charge in [-0.05, 0) is 162 Å². The largest absolute Gasteiger partial charge is 0.236 e. The third kappa shape index (κ3) is 6.11. The molecule has 0 saturated heterocycles. The number of aromatic nitrogens is 1. The van der Waals surface area contributed by atoms with Crippen molar-refractivity contribution < 1.29 is 0 Å². The second kappa shape index (κ2) is 15.1. The van der Waals surface area contributed by atoms with Crippen molar-refractivity contribution in [3.63, 3.8) is 0 Å². The number of rotatable bonds is 5. The van der Waals surface area contributed by atoms with Gasteiger partial charge in [-0.25, -0.2) is 4.98 Å². The first-order chi connectivity index (χ1) is 33.2. The zero-order valence-corrected chi connectivity index (χ0v) is 37.2. The summed E-state index contributed by atoms with van der Waals surface area (Å²) < 4.78 is 1.21. The van der Waals surface area contributed by atoms with Crippen LogP contribution in [0.4, 0.5) is 0 Å². The topological polar surface area (TPSA) is 12.9 Å². The van der Waals surface area contributed by atoms with Gasteiger partial charge in [0.2, 0.25) is 0 Å². The molecule has 1 nitrogen and oxygen atoms in total. The van der Waals surface area contributed by atoms with Crippen molar-refractivity contribution in [1.82, 2.24) is 4.98 Å². The molecule has 1 heterocycles. The number of para-hydroxylation sites is 1. The first-order valence-electron chi connectivity index (χ1n) is 23.0. The Morgan fingerprint density at radius 2 is 0.567 bits per heavy atom. The Morgan fingerprint density at radius 3 is 1.06 bits per heavy atom. The van der Waals surface area contributed by atoms with Gasteiger partial charge in [0, 0.05) is 5.56 Å². The highest BCUT2D eigenvalue weighted by Gasteiger charge is 2.21. The highest BCUT2D eigenvalue weighted by Crippen LogP contribution is 2.49. The number of thiazole rings is 1. The Morgan fingerprint density at radius 1 is 0.239 bits per heavy atom. The maximum Gasteiger partial charge on any atom is 0.124 e. The Balaban J connectivity index is 1.01. The molecule has 0 unspecified atom stereocenters. The van der Waals surface area contributed by atoms with E-state index in [1.54, 1.807) is 11.3 Å². The van der Waals surface area contributed by atoms with Crippen LogP contribution in [0.2, 0.25) is 0 Å². The SMILES string of the molecule is c1ccc2cc(-c3c4ccccc4c(-c4ccc5ccccc5c4)c4cc(-c5c6ccccc6c(-c6ccc7cc(-c8nc9ccccc9s8)ccc7c6)c6ccccc56)ccc34)ccc2c1. The zero-order valence-electron chi connectivity index (χ0n) is 36.4. The molecule has 14 aromatic rings. The second-order valence-corrected chi connectivity index (χ2v) is 18.8. The Labute approximate surface area is 391 Å². The monoisotopic (exact) mass is 865 g/mol. The van der Waals surface area contributed by atoms with Gasteiger partial charge in [-0.15, -0.1) is 11.3 Å². The summed E-state index contributed by atoms with van der Waals surface area (Å²) in [6.07, 6.45) is 0. The van der Waals surface area contributed by atoms with Crippen molar-refractivity contribution >= 4 is 97.0 Å². The highest BCUT2D eigenvalue weighted by atomic mass is 32.1. The maximum atomic E-state index is 4.96. The minimum atomic E-state index is 1.05. The van der Waals surface area contributed by atoms with Crippen LogP contribution in [0.5, 0.6) is 0 Å². The standard InChI is InChI=1S/C65H39NS/c1-3-15-42-35-46(29-25-40(42)13-1)62-55-21-9-10-22-56(55)64(48-30-26-41-14-2-4-16-43(41)36-48)58-39-49(33-34-57(58)62)63-53-19-7-5-17-51(53)61(52-18-6-8-20-54(52)63)47-31-27-45-38-50(32-28-44(45)37-47)65-66-59-23-11-12-24-60(59)67-65/h1-39H. The average Bonchev–Trinajstić information content (AvgIpc) is 3.83. The summed E-state index contributed by atoms with van der Waals surface area (Å²) in [6, 6.07) is 87.8. The molecule has 0 amide bonds. The van der Waals surface area contributed by atoms with Gasteiger partial charge in [0.05, 0.1) is 10.2 Å². The quantitative estimate of drug-likeness (QED) is 0.157. The molecular weight excluding hydrogens is 827 g/mol. The van der Waals surface area contributed by atoms with Crippen molar-refractivity contribution in [2.75, 3.05) is 0 Å². The summed E-state index contributed by atoms with van der Waals surface area (Å²) in [7, 11) is 0. The maximum absolute atomic E-state index is 4.96. The molecule has 2 heteroatoms. The van der Waals surface area contributed by atoms with E-state index < -0.39 is 0 Å². The molecule has 1 aromatic heterocycles. The van der Waals surface area contributed by atoms with E-state index in [-0.39, 0.29) is 0 Å². The van der Waals surface area contributed by atoms with Crippen LogP contribution in [0, 0.1) is 0 Å². The molecule has 0 aliphatic carbocycles. The lowest BCUT2D eigenvalue weighted by Crippen LogP contribution is -1.94. The fraction of sp³-hybridized carbons (Fsp3) is 0. The summed E-state index contributed by atoms with van der Waals surface area (Å²) in [5.74, 6) is 0. The molecule has 0 N–H and O–H groups in total. The predicted octanol–water partition coefficient (Wildman–Crippen LogP) is 18.7. The van der Waals surface area contributed by atoms with Gasteiger partial charge < -0.3 is 0 Å². The molecule has 13 aromatic carbocycles. The number of hydrogen-bond donors (Lipinski definition) is 0. The third-order valence-electron chi connectivity index (χ3n) is 14.0. The average molecular weight is 866 g/mol.